The minimum Gasteiger partial charge on any atom is -0.391 e. The molecule has 2 aliphatic carbocycles. The molecule has 0 bridgehead atoms. The van der Waals surface area contributed by atoms with Crippen LogP contribution >= 0.6 is 0 Å². The van der Waals surface area contributed by atoms with Crippen molar-refractivity contribution >= 4 is 0 Å². The number of rotatable bonds is 2. The Morgan fingerprint density at radius 1 is 0.765 bits per heavy atom. The van der Waals surface area contributed by atoms with Crippen molar-refractivity contribution in [1.82, 2.24) is 4.90 Å². The lowest BCUT2D eigenvalue weighted by Gasteiger charge is -2.40. The molecule has 2 fully saturated rings. The second-order valence-electron chi connectivity index (χ2n) is 6.08. The van der Waals surface area contributed by atoms with Gasteiger partial charge < -0.3 is 5.11 Å². The maximum absolute atomic E-state index is 10.3. The molecular weight excluding hydrogens is 210 g/mol. The van der Waals surface area contributed by atoms with Gasteiger partial charge in [-0.25, -0.2) is 0 Å². The van der Waals surface area contributed by atoms with E-state index in [1.54, 1.807) is 0 Å². The quantitative estimate of drug-likeness (QED) is 0.799. The number of nitrogens with zero attached hydrogens (tertiary/aromatic N) is 1. The van der Waals surface area contributed by atoms with E-state index < -0.39 is 0 Å². The van der Waals surface area contributed by atoms with Crippen LogP contribution in [0.25, 0.3) is 0 Å². The van der Waals surface area contributed by atoms with Crippen molar-refractivity contribution in [1.29, 1.82) is 0 Å². The van der Waals surface area contributed by atoms with E-state index in [4.69, 9.17) is 0 Å². The van der Waals surface area contributed by atoms with Crippen LogP contribution in [0.4, 0.5) is 0 Å². The molecule has 0 saturated heterocycles. The van der Waals surface area contributed by atoms with Crippen molar-refractivity contribution in [3.05, 3.63) is 0 Å². The maximum Gasteiger partial charge on any atom is 0.0695 e. The smallest absolute Gasteiger partial charge is 0.0695 e. The molecule has 0 spiro atoms. The van der Waals surface area contributed by atoms with Gasteiger partial charge in [0.05, 0.1) is 6.10 Å². The summed E-state index contributed by atoms with van der Waals surface area (Å²) in [6.07, 6.45) is 14.2. The standard InChI is InChI=1S/C15H29NO/c1-16(13-9-5-4-6-10-13)14-11-7-2-3-8-12-15(14)17/h13-15,17H,2-12H2,1H3. The molecular formula is C15H29NO. The van der Waals surface area contributed by atoms with Gasteiger partial charge in [-0.2, -0.15) is 0 Å². The maximum atomic E-state index is 10.3. The number of aliphatic hydroxyl groups is 1. The van der Waals surface area contributed by atoms with Crippen molar-refractivity contribution in [2.75, 3.05) is 7.05 Å². The third-order valence-corrected chi connectivity index (χ3v) is 4.87. The largest absolute Gasteiger partial charge is 0.391 e. The van der Waals surface area contributed by atoms with Crippen LogP contribution in [0.5, 0.6) is 0 Å². The van der Waals surface area contributed by atoms with Gasteiger partial charge in [0, 0.05) is 12.1 Å². The van der Waals surface area contributed by atoms with E-state index in [-0.39, 0.29) is 6.10 Å². The molecule has 2 nitrogen and oxygen atoms in total. The van der Waals surface area contributed by atoms with Crippen LogP contribution in [0.1, 0.15) is 70.6 Å². The molecule has 2 heteroatoms. The first-order valence-corrected chi connectivity index (χ1v) is 7.69. The molecule has 100 valence electrons. The average molecular weight is 239 g/mol. The number of hydrogen-bond acceptors (Lipinski definition) is 2. The third kappa shape index (κ3) is 3.69. The average Bonchev–Trinajstić information content (AvgIpc) is 2.35. The summed E-state index contributed by atoms with van der Waals surface area (Å²) >= 11 is 0. The zero-order chi connectivity index (χ0) is 12.1. The van der Waals surface area contributed by atoms with E-state index >= 15 is 0 Å². The Morgan fingerprint density at radius 3 is 2.00 bits per heavy atom. The molecule has 2 rings (SSSR count). The Bertz CT molecular complexity index is 213. The van der Waals surface area contributed by atoms with Crippen molar-refractivity contribution in [3.63, 3.8) is 0 Å². The number of hydrogen-bond donors (Lipinski definition) is 1. The summed E-state index contributed by atoms with van der Waals surface area (Å²) in [4.78, 5) is 2.52. The van der Waals surface area contributed by atoms with Gasteiger partial charge >= 0.3 is 0 Å². The molecule has 2 aliphatic rings. The Morgan fingerprint density at radius 2 is 1.29 bits per heavy atom. The number of likely N-dealkylation sites (N-methyl/N-ethyl adjacent to an activating group) is 1. The highest BCUT2D eigenvalue weighted by molar-refractivity contribution is 4.84. The molecule has 0 amide bonds. The van der Waals surface area contributed by atoms with Crippen LogP contribution in [0.15, 0.2) is 0 Å². The molecule has 2 saturated carbocycles. The van der Waals surface area contributed by atoms with Crippen LogP contribution in [0.3, 0.4) is 0 Å². The Hall–Kier alpha value is -0.0800. The van der Waals surface area contributed by atoms with Gasteiger partial charge in [-0.05, 0) is 32.7 Å². The Kier molecular flexibility index (Phi) is 5.30. The lowest BCUT2D eigenvalue weighted by molar-refractivity contribution is 0.0153. The summed E-state index contributed by atoms with van der Waals surface area (Å²) < 4.78 is 0. The predicted molar refractivity (Wildman–Crippen MR) is 72.1 cm³/mol. The first-order valence-electron chi connectivity index (χ1n) is 7.69. The van der Waals surface area contributed by atoms with Gasteiger partial charge in [-0.1, -0.05) is 44.9 Å². The molecule has 17 heavy (non-hydrogen) atoms. The van der Waals surface area contributed by atoms with Gasteiger partial charge in [-0.15, -0.1) is 0 Å². The molecule has 0 heterocycles. The fraction of sp³-hybridized carbons (Fsp3) is 1.00. The van der Waals surface area contributed by atoms with Gasteiger partial charge in [0.1, 0.15) is 0 Å². The van der Waals surface area contributed by atoms with Gasteiger partial charge in [0.15, 0.2) is 0 Å². The van der Waals surface area contributed by atoms with Crippen molar-refractivity contribution in [2.45, 2.75) is 88.8 Å². The van der Waals surface area contributed by atoms with E-state index in [1.165, 1.54) is 64.2 Å². The molecule has 2 unspecified atom stereocenters. The molecule has 0 aromatic heterocycles. The minimum atomic E-state index is -0.0813. The molecule has 0 aliphatic heterocycles. The lowest BCUT2D eigenvalue weighted by Crippen LogP contribution is -2.47. The predicted octanol–water partition coefficient (Wildman–Crippen LogP) is 3.33. The topological polar surface area (TPSA) is 23.5 Å². The minimum absolute atomic E-state index is 0.0813. The SMILES string of the molecule is CN(C1CCCCC1)C1CCCCCCC1O. The van der Waals surface area contributed by atoms with Crippen molar-refractivity contribution < 1.29 is 5.11 Å². The summed E-state index contributed by atoms with van der Waals surface area (Å²) in [7, 11) is 2.26. The Labute approximate surface area is 106 Å². The Balaban J connectivity index is 1.91. The highest BCUT2D eigenvalue weighted by atomic mass is 16.3. The van der Waals surface area contributed by atoms with E-state index in [0.29, 0.717) is 6.04 Å². The summed E-state index contributed by atoms with van der Waals surface area (Å²) in [6, 6.07) is 1.17. The van der Waals surface area contributed by atoms with Crippen LogP contribution in [0, 0.1) is 0 Å². The highest BCUT2D eigenvalue weighted by Gasteiger charge is 2.29. The van der Waals surface area contributed by atoms with Crippen molar-refractivity contribution in [3.8, 4) is 0 Å². The summed E-state index contributed by atoms with van der Waals surface area (Å²) in [5.41, 5.74) is 0. The van der Waals surface area contributed by atoms with Gasteiger partial charge in [-0.3, -0.25) is 4.90 Å². The highest BCUT2D eigenvalue weighted by Crippen LogP contribution is 2.28. The third-order valence-electron chi connectivity index (χ3n) is 4.87. The van der Waals surface area contributed by atoms with Gasteiger partial charge in [0.25, 0.3) is 0 Å². The fourth-order valence-electron chi connectivity index (χ4n) is 3.68. The summed E-state index contributed by atoms with van der Waals surface area (Å²) in [6.45, 7) is 0. The molecule has 2 atom stereocenters. The van der Waals surface area contributed by atoms with Crippen LogP contribution < -0.4 is 0 Å². The van der Waals surface area contributed by atoms with E-state index in [2.05, 4.69) is 11.9 Å². The summed E-state index contributed by atoms with van der Waals surface area (Å²) in [5, 5.41) is 10.3. The molecule has 0 aromatic carbocycles. The fourth-order valence-corrected chi connectivity index (χ4v) is 3.68. The molecule has 0 radical (unpaired) electrons. The first-order chi connectivity index (χ1) is 8.29. The lowest BCUT2D eigenvalue weighted by atomic mass is 9.89. The summed E-state index contributed by atoms with van der Waals surface area (Å²) in [5.74, 6) is 0. The van der Waals surface area contributed by atoms with E-state index in [1.807, 2.05) is 0 Å². The zero-order valence-electron chi connectivity index (χ0n) is 11.4. The zero-order valence-corrected chi connectivity index (χ0v) is 11.4. The van der Waals surface area contributed by atoms with Crippen molar-refractivity contribution in [2.24, 2.45) is 0 Å². The second kappa shape index (κ2) is 6.75. The van der Waals surface area contributed by atoms with Crippen LogP contribution in [0.2, 0.25) is 0 Å². The van der Waals surface area contributed by atoms with Crippen LogP contribution in [-0.4, -0.2) is 35.2 Å². The second-order valence-corrected chi connectivity index (χ2v) is 6.08. The normalized spacial score (nSPS) is 33.4. The van der Waals surface area contributed by atoms with Crippen LogP contribution in [-0.2, 0) is 0 Å². The first kappa shape index (κ1) is 13.4. The van der Waals surface area contributed by atoms with Gasteiger partial charge in [0.2, 0.25) is 0 Å². The monoisotopic (exact) mass is 239 g/mol. The van der Waals surface area contributed by atoms with E-state index in [0.717, 1.165) is 12.5 Å². The number of aliphatic hydroxyl groups excluding tert-OH is 1. The molecule has 0 aromatic rings. The molecule has 1 N–H and O–H groups in total. The van der Waals surface area contributed by atoms with E-state index in [9.17, 15) is 5.11 Å².